The number of amides is 3. The summed E-state index contributed by atoms with van der Waals surface area (Å²) in [7, 11) is 0. The van der Waals surface area contributed by atoms with Gasteiger partial charge < -0.3 is 10.1 Å². The van der Waals surface area contributed by atoms with Gasteiger partial charge in [-0.1, -0.05) is 48.5 Å². The van der Waals surface area contributed by atoms with Crippen molar-refractivity contribution in [2.75, 3.05) is 19.7 Å². The monoisotopic (exact) mass is 542 g/mol. The summed E-state index contributed by atoms with van der Waals surface area (Å²) in [6.07, 6.45) is 6.05. The molecule has 0 radical (unpaired) electrons. The number of hydrazone groups is 1. The summed E-state index contributed by atoms with van der Waals surface area (Å²) >= 11 is 0. The van der Waals surface area contributed by atoms with Crippen molar-refractivity contribution in [2.45, 2.75) is 63.8 Å². The molecule has 0 bridgehead atoms. The number of carbonyl (C=O) groups excluding carboxylic acids is 3. The number of fused-ring (bicyclic) bond motifs is 4. The molecule has 40 heavy (non-hydrogen) atoms. The van der Waals surface area contributed by atoms with E-state index in [9.17, 15) is 14.4 Å². The number of ether oxygens (including phenoxy) is 1. The van der Waals surface area contributed by atoms with Gasteiger partial charge in [-0.05, 0) is 86.0 Å². The van der Waals surface area contributed by atoms with Crippen molar-refractivity contribution in [2.24, 2.45) is 22.9 Å². The molecule has 3 fully saturated rings. The maximum atomic E-state index is 13.3. The smallest absolute Gasteiger partial charge is 0.410 e. The van der Waals surface area contributed by atoms with Crippen molar-refractivity contribution in [3.8, 4) is 11.1 Å². The standard InChI is InChI=1S/C32H38N4O4/c1-20(37)22-12-10-21(11-13-22)18-33-31(38)35-34-29-15-14-23-16-17-36(30(23)29)32(39)40-19-28-26-8-4-2-6-24(26)25-7-3-5-9-27(25)28/h2-9,21-23,28,30H,10-19H2,1H3,(H2,33,35,38)/b34-29+. The zero-order chi connectivity index (χ0) is 27.6. The molecule has 2 unspecified atom stereocenters. The van der Waals surface area contributed by atoms with E-state index in [-0.39, 0.29) is 35.8 Å². The number of urea groups is 1. The Morgan fingerprint density at radius 3 is 2.27 bits per heavy atom. The van der Waals surface area contributed by atoms with Crippen LogP contribution in [0.5, 0.6) is 0 Å². The van der Waals surface area contributed by atoms with Gasteiger partial charge in [0.25, 0.3) is 0 Å². The number of carbonyl (C=O) groups is 3. The molecule has 6 rings (SSSR count). The maximum Gasteiger partial charge on any atom is 0.410 e. The number of hydrogen-bond acceptors (Lipinski definition) is 5. The average Bonchev–Trinajstić information content (AvgIpc) is 3.67. The Hall–Kier alpha value is -3.68. The SMILES string of the molecule is CC(=O)C1CCC(CNC(=O)N/N=C2\CCC3CCN(C(=O)OCC4c5ccccc5-c5ccccc54)C23)CC1. The summed E-state index contributed by atoms with van der Waals surface area (Å²) < 4.78 is 5.94. The Bertz CT molecular complexity index is 1270. The van der Waals surface area contributed by atoms with E-state index in [1.54, 1.807) is 11.8 Å². The normalized spacial score (nSPS) is 26.2. The number of ketones is 1. The van der Waals surface area contributed by atoms with Crippen LogP contribution in [-0.2, 0) is 9.53 Å². The minimum absolute atomic E-state index is 0.0225. The number of likely N-dealkylation sites (tertiary alicyclic amines) is 1. The van der Waals surface area contributed by atoms with Crippen LogP contribution < -0.4 is 10.7 Å². The van der Waals surface area contributed by atoms with E-state index in [2.05, 4.69) is 40.1 Å². The highest BCUT2D eigenvalue weighted by atomic mass is 16.6. The fraction of sp³-hybridized carbons (Fsp3) is 0.500. The van der Waals surface area contributed by atoms with Gasteiger partial charge in [-0.25, -0.2) is 15.0 Å². The Kier molecular flexibility index (Phi) is 7.59. The molecule has 2 atom stereocenters. The Balaban J connectivity index is 1.03. The van der Waals surface area contributed by atoms with Crippen LogP contribution in [0.4, 0.5) is 9.59 Å². The number of hydrogen-bond donors (Lipinski definition) is 2. The van der Waals surface area contributed by atoms with E-state index in [1.807, 2.05) is 24.3 Å². The summed E-state index contributed by atoms with van der Waals surface area (Å²) in [6.45, 7) is 3.18. The predicted octanol–water partition coefficient (Wildman–Crippen LogP) is 5.47. The summed E-state index contributed by atoms with van der Waals surface area (Å²) in [5.41, 5.74) is 8.31. The van der Waals surface area contributed by atoms with Gasteiger partial charge in [0.2, 0.25) is 0 Å². The van der Waals surface area contributed by atoms with Crippen LogP contribution in [0.2, 0.25) is 0 Å². The molecule has 1 aliphatic heterocycles. The minimum Gasteiger partial charge on any atom is -0.448 e. The Morgan fingerprint density at radius 2 is 1.60 bits per heavy atom. The molecule has 0 spiro atoms. The van der Waals surface area contributed by atoms with Gasteiger partial charge in [0, 0.05) is 24.9 Å². The van der Waals surface area contributed by atoms with Crippen LogP contribution >= 0.6 is 0 Å². The molecule has 4 aliphatic rings. The first-order valence-corrected chi connectivity index (χ1v) is 14.7. The highest BCUT2D eigenvalue weighted by molar-refractivity contribution is 5.95. The van der Waals surface area contributed by atoms with Crippen molar-refractivity contribution in [1.29, 1.82) is 0 Å². The molecule has 1 saturated heterocycles. The third-order valence-corrected chi connectivity index (χ3v) is 9.48. The molecule has 1 heterocycles. The average molecular weight is 543 g/mol. The van der Waals surface area contributed by atoms with E-state index in [1.165, 1.54) is 22.3 Å². The second-order valence-corrected chi connectivity index (χ2v) is 11.8. The molecule has 210 valence electrons. The Labute approximate surface area is 235 Å². The van der Waals surface area contributed by atoms with E-state index in [0.29, 0.717) is 31.5 Å². The molecule has 2 N–H and O–H groups in total. The number of rotatable bonds is 6. The lowest BCUT2D eigenvalue weighted by molar-refractivity contribution is -0.121. The topological polar surface area (TPSA) is 100 Å². The number of benzene rings is 2. The van der Waals surface area contributed by atoms with Crippen LogP contribution in [0.15, 0.2) is 53.6 Å². The van der Waals surface area contributed by atoms with Gasteiger partial charge >= 0.3 is 12.1 Å². The molecule has 3 amide bonds. The highest BCUT2D eigenvalue weighted by Gasteiger charge is 2.45. The third-order valence-electron chi connectivity index (χ3n) is 9.48. The summed E-state index contributed by atoms with van der Waals surface area (Å²) in [5.74, 6) is 1.21. The fourth-order valence-electron chi connectivity index (χ4n) is 7.27. The first-order chi connectivity index (χ1) is 19.5. The van der Waals surface area contributed by atoms with Crippen LogP contribution in [-0.4, -0.2) is 54.3 Å². The van der Waals surface area contributed by atoms with Crippen molar-refractivity contribution < 1.29 is 19.1 Å². The lowest BCUT2D eigenvalue weighted by atomic mass is 9.80. The molecule has 2 saturated carbocycles. The third kappa shape index (κ3) is 5.23. The van der Waals surface area contributed by atoms with E-state index in [4.69, 9.17) is 4.74 Å². The Morgan fingerprint density at radius 1 is 0.925 bits per heavy atom. The van der Waals surface area contributed by atoms with Crippen molar-refractivity contribution in [3.05, 3.63) is 59.7 Å². The maximum absolute atomic E-state index is 13.3. The predicted molar refractivity (Wildman–Crippen MR) is 153 cm³/mol. The number of nitrogens with one attached hydrogen (secondary N) is 2. The molecular formula is C32H38N4O4. The molecular weight excluding hydrogens is 504 g/mol. The van der Waals surface area contributed by atoms with Crippen LogP contribution in [0.3, 0.4) is 0 Å². The number of nitrogens with zero attached hydrogens (tertiary/aromatic N) is 2. The summed E-state index contributed by atoms with van der Waals surface area (Å²) in [5, 5.41) is 7.39. The van der Waals surface area contributed by atoms with Gasteiger partial charge in [0.15, 0.2) is 0 Å². The van der Waals surface area contributed by atoms with Crippen LogP contribution in [0, 0.1) is 17.8 Å². The molecule has 8 nitrogen and oxygen atoms in total. The first-order valence-electron chi connectivity index (χ1n) is 14.7. The second kappa shape index (κ2) is 11.4. The lowest BCUT2D eigenvalue weighted by Gasteiger charge is -2.27. The first kappa shape index (κ1) is 26.5. The largest absolute Gasteiger partial charge is 0.448 e. The van der Waals surface area contributed by atoms with E-state index >= 15 is 0 Å². The fourth-order valence-corrected chi connectivity index (χ4v) is 7.27. The molecule has 2 aromatic carbocycles. The van der Waals surface area contributed by atoms with Crippen LogP contribution in [0.25, 0.3) is 11.1 Å². The van der Waals surface area contributed by atoms with Crippen molar-refractivity contribution >= 4 is 23.6 Å². The minimum atomic E-state index is -0.324. The summed E-state index contributed by atoms with van der Waals surface area (Å²) in [4.78, 5) is 39.2. The van der Waals surface area contributed by atoms with Gasteiger partial charge in [-0.3, -0.25) is 9.69 Å². The van der Waals surface area contributed by atoms with Gasteiger partial charge in [0.05, 0.1) is 11.8 Å². The summed E-state index contributed by atoms with van der Waals surface area (Å²) in [6, 6.07) is 16.2. The van der Waals surface area contributed by atoms with Gasteiger partial charge in [0.1, 0.15) is 12.4 Å². The number of Topliss-reactive ketones (excluding diaryl/α,β-unsaturated/α-hetero) is 1. The molecule has 2 aromatic rings. The lowest BCUT2D eigenvalue weighted by Crippen LogP contribution is -2.42. The van der Waals surface area contributed by atoms with Gasteiger partial charge in [-0.15, -0.1) is 0 Å². The zero-order valence-electron chi connectivity index (χ0n) is 23.1. The van der Waals surface area contributed by atoms with Crippen molar-refractivity contribution in [1.82, 2.24) is 15.6 Å². The quantitative estimate of drug-likeness (QED) is 0.473. The zero-order valence-corrected chi connectivity index (χ0v) is 23.1. The van der Waals surface area contributed by atoms with Crippen LogP contribution in [0.1, 0.15) is 68.9 Å². The van der Waals surface area contributed by atoms with E-state index in [0.717, 1.165) is 50.7 Å². The second-order valence-electron chi connectivity index (χ2n) is 11.8. The van der Waals surface area contributed by atoms with Crippen molar-refractivity contribution in [3.63, 3.8) is 0 Å². The van der Waals surface area contributed by atoms with E-state index < -0.39 is 0 Å². The molecule has 3 aliphatic carbocycles. The molecule has 8 heteroatoms. The molecule has 0 aromatic heterocycles. The van der Waals surface area contributed by atoms with Gasteiger partial charge in [-0.2, -0.15) is 5.10 Å². The highest BCUT2D eigenvalue weighted by Crippen LogP contribution is 2.45.